The largest absolute Gasteiger partial charge is 0.288 e. The standard InChI is InChI=1S/C11H15N7O/c1-7-3-4-18-9(5-7)12-11(15-18)13-10(19)8-6-17(2)16-14-8/h6-7H,3-5H2,1-2H3,(H,13,15,19). The molecule has 0 spiro atoms. The Bertz CT molecular complexity index is 614. The van der Waals surface area contributed by atoms with Crippen LogP contribution >= 0.6 is 0 Å². The Labute approximate surface area is 109 Å². The van der Waals surface area contributed by atoms with Crippen molar-refractivity contribution in [2.24, 2.45) is 13.0 Å². The van der Waals surface area contributed by atoms with Crippen molar-refractivity contribution in [2.45, 2.75) is 26.3 Å². The van der Waals surface area contributed by atoms with Crippen LogP contribution < -0.4 is 5.32 Å². The lowest BCUT2D eigenvalue weighted by Gasteiger charge is -2.17. The van der Waals surface area contributed by atoms with Gasteiger partial charge in [0.1, 0.15) is 5.82 Å². The van der Waals surface area contributed by atoms with E-state index in [2.05, 4.69) is 32.6 Å². The minimum atomic E-state index is -0.343. The summed E-state index contributed by atoms with van der Waals surface area (Å²) in [5, 5.41) is 14.4. The average Bonchev–Trinajstić information content (AvgIpc) is 2.94. The zero-order valence-corrected chi connectivity index (χ0v) is 10.9. The molecule has 1 aliphatic heterocycles. The highest BCUT2D eigenvalue weighted by Gasteiger charge is 2.20. The van der Waals surface area contributed by atoms with Crippen LogP contribution in [-0.4, -0.2) is 35.7 Å². The van der Waals surface area contributed by atoms with Gasteiger partial charge in [0, 0.05) is 20.0 Å². The van der Waals surface area contributed by atoms with Crippen LogP contribution in [0.2, 0.25) is 0 Å². The Kier molecular flexibility index (Phi) is 2.77. The lowest BCUT2D eigenvalue weighted by Crippen LogP contribution is -2.18. The van der Waals surface area contributed by atoms with E-state index in [1.54, 1.807) is 13.2 Å². The molecule has 0 radical (unpaired) electrons. The van der Waals surface area contributed by atoms with Crippen LogP contribution in [0, 0.1) is 5.92 Å². The first-order chi connectivity index (χ1) is 9.11. The Balaban J connectivity index is 1.75. The minimum Gasteiger partial charge on any atom is -0.288 e. The summed E-state index contributed by atoms with van der Waals surface area (Å²) in [5.74, 6) is 1.53. The third-order valence-electron chi connectivity index (χ3n) is 3.17. The molecule has 2 aromatic rings. The van der Waals surface area contributed by atoms with Crippen molar-refractivity contribution in [3.63, 3.8) is 0 Å². The molecule has 0 saturated heterocycles. The zero-order chi connectivity index (χ0) is 13.4. The molecule has 0 fully saturated rings. The molecule has 1 unspecified atom stereocenters. The second kappa shape index (κ2) is 4.45. The number of nitrogens with one attached hydrogen (secondary N) is 1. The Morgan fingerprint density at radius 1 is 1.53 bits per heavy atom. The van der Waals surface area contributed by atoms with E-state index in [-0.39, 0.29) is 11.6 Å². The number of hydrogen-bond acceptors (Lipinski definition) is 5. The molecule has 0 aliphatic carbocycles. The van der Waals surface area contributed by atoms with Gasteiger partial charge in [0.05, 0.1) is 6.20 Å². The first kappa shape index (κ1) is 11.8. The van der Waals surface area contributed by atoms with Gasteiger partial charge >= 0.3 is 0 Å². The molecule has 3 rings (SSSR count). The maximum absolute atomic E-state index is 11.9. The van der Waals surface area contributed by atoms with Gasteiger partial charge in [-0.05, 0) is 12.3 Å². The summed E-state index contributed by atoms with van der Waals surface area (Å²) < 4.78 is 3.33. The number of carbonyl (C=O) groups excluding carboxylic acids is 1. The van der Waals surface area contributed by atoms with Crippen LogP contribution in [0.4, 0.5) is 5.95 Å². The van der Waals surface area contributed by atoms with E-state index >= 15 is 0 Å². The van der Waals surface area contributed by atoms with Crippen LogP contribution in [0.5, 0.6) is 0 Å². The second-order valence-corrected chi connectivity index (χ2v) is 4.90. The molecular formula is C11H15N7O. The molecular weight excluding hydrogens is 246 g/mol. The van der Waals surface area contributed by atoms with Crippen molar-refractivity contribution >= 4 is 11.9 Å². The van der Waals surface area contributed by atoms with E-state index in [1.807, 2.05) is 4.68 Å². The van der Waals surface area contributed by atoms with E-state index in [4.69, 9.17) is 0 Å². The molecule has 19 heavy (non-hydrogen) atoms. The molecule has 1 N–H and O–H groups in total. The Morgan fingerprint density at radius 2 is 2.37 bits per heavy atom. The van der Waals surface area contributed by atoms with Crippen LogP contribution in [0.25, 0.3) is 0 Å². The molecule has 8 nitrogen and oxygen atoms in total. The van der Waals surface area contributed by atoms with Gasteiger partial charge < -0.3 is 0 Å². The smallest absolute Gasteiger partial charge is 0.280 e. The fraction of sp³-hybridized carbons (Fsp3) is 0.545. The summed E-state index contributed by atoms with van der Waals surface area (Å²) >= 11 is 0. The summed E-state index contributed by atoms with van der Waals surface area (Å²) in [4.78, 5) is 16.2. The highest BCUT2D eigenvalue weighted by molar-refractivity contribution is 6.01. The molecule has 3 heterocycles. The summed E-state index contributed by atoms with van der Waals surface area (Å²) in [5.41, 5.74) is 0.253. The molecule has 1 amide bonds. The molecule has 0 bridgehead atoms. The molecule has 0 aromatic carbocycles. The summed E-state index contributed by atoms with van der Waals surface area (Å²) in [6.45, 7) is 3.04. The minimum absolute atomic E-state index is 0.253. The van der Waals surface area contributed by atoms with Crippen LogP contribution in [-0.2, 0) is 20.0 Å². The monoisotopic (exact) mass is 261 g/mol. The maximum Gasteiger partial charge on any atom is 0.280 e. The lowest BCUT2D eigenvalue weighted by atomic mass is 10.0. The first-order valence-corrected chi connectivity index (χ1v) is 6.23. The van der Waals surface area contributed by atoms with Gasteiger partial charge in [0.2, 0.25) is 5.95 Å². The predicted molar refractivity (Wildman–Crippen MR) is 66.5 cm³/mol. The van der Waals surface area contributed by atoms with Crippen LogP contribution in [0.1, 0.15) is 29.7 Å². The van der Waals surface area contributed by atoms with Crippen molar-refractivity contribution in [3.05, 3.63) is 17.7 Å². The van der Waals surface area contributed by atoms with E-state index in [9.17, 15) is 4.79 Å². The number of amides is 1. The lowest BCUT2D eigenvalue weighted by molar-refractivity contribution is 0.102. The molecule has 0 saturated carbocycles. The third kappa shape index (κ3) is 2.33. The fourth-order valence-corrected chi connectivity index (χ4v) is 2.13. The zero-order valence-electron chi connectivity index (χ0n) is 10.9. The van der Waals surface area contributed by atoms with Gasteiger partial charge in [0.25, 0.3) is 5.91 Å². The van der Waals surface area contributed by atoms with Gasteiger partial charge in [-0.1, -0.05) is 12.1 Å². The van der Waals surface area contributed by atoms with Crippen molar-refractivity contribution in [1.29, 1.82) is 0 Å². The molecule has 1 atom stereocenters. The van der Waals surface area contributed by atoms with Crippen molar-refractivity contribution < 1.29 is 4.79 Å². The van der Waals surface area contributed by atoms with Gasteiger partial charge in [0.15, 0.2) is 5.69 Å². The number of nitrogens with zero attached hydrogens (tertiary/aromatic N) is 6. The molecule has 8 heteroatoms. The van der Waals surface area contributed by atoms with Gasteiger partial charge in [-0.2, -0.15) is 4.98 Å². The number of anilines is 1. The fourth-order valence-electron chi connectivity index (χ4n) is 2.13. The van der Waals surface area contributed by atoms with Gasteiger partial charge in [-0.3, -0.25) is 14.8 Å². The number of aryl methyl sites for hydroxylation is 2. The van der Waals surface area contributed by atoms with E-state index < -0.39 is 0 Å². The molecule has 2 aromatic heterocycles. The Hall–Kier alpha value is -2.25. The van der Waals surface area contributed by atoms with Crippen LogP contribution in [0.3, 0.4) is 0 Å². The summed E-state index contributed by atoms with van der Waals surface area (Å²) in [6, 6.07) is 0. The highest BCUT2D eigenvalue weighted by atomic mass is 16.2. The summed E-state index contributed by atoms with van der Waals surface area (Å²) in [6.07, 6.45) is 3.54. The van der Waals surface area contributed by atoms with Gasteiger partial charge in [-0.15, -0.1) is 10.2 Å². The molecule has 1 aliphatic rings. The van der Waals surface area contributed by atoms with Gasteiger partial charge in [-0.25, -0.2) is 4.68 Å². The molecule has 100 valence electrons. The second-order valence-electron chi connectivity index (χ2n) is 4.90. The van der Waals surface area contributed by atoms with Crippen LogP contribution in [0.15, 0.2) is 6.20 Å². The number of aromatic nitrogens is 6. The normalized spacial score (nSPS) is 18.1. The predicted octanol–water partition coefficient (Wildman–Crippen LogP) is 0.241. The first-order valence-electron chi connectivity index (χ1n) is 6.23. The van der Waals surface area contributed by atoms with Crippen molar-refractivity contribution in [3.8, 4) is 0 Å². The van der Waals surface area contributed by atoms with E-state index in [0.29, 0.717) is 11.9 Å². The van der Waals surface area contributed by atoms with E-state index in [1.165, 1.54) is 4.68 Å². The van der Waals surface area contributed by atoms with Crippen molar-refractivity contribution in [2.75, 3.05) is 5.32 Å². The Morgan fingerprint density at radius 3 is 3.11 bits per heavy atom. The average molecular weight is 261 g/mol. The quantitative estimate of drug-likeness (QED) is 0.836. The summed E-state index contributed by atoms with van der Waals surface area (Å²) in [7, 11) is 1.71. The highest BCUT2D eigenvalue weighted by Crippen LogP contribution is 2.19. The SMILES string of the molecule is CC1CCn2nc(NC(=O)c3cn(C)nn3)nc2C1. The van der Waals surface area contributed by atoms with Crippen molar-refractivity contribution in [1.82, 2.24) is 29.8 Å². The maximum atomic E-state index is 11.9. The number of rotatable bonds is 2. The number of fused-ring (bicyclic) bond motifs is 1. The third-order valence-corrected chi connectivity index (χ3v) is 3.17. The number of carbonyl (C=O) groups is 1. The number of hydrogen-bond donors (Lipinski definition) is 1. The topological polar surface area (TPSA) is 90.5 Å². The van der Waals surface area contributed by atoms with E-state index in [0.717, 1.165) is 25.2 Å².